The number of hydrogen-bond acceptors (Lipinski definition) is 4. The van der Waals surface area contributed by atoms with E-state index in [0.717, 1.165) is 37.3 Å². The van der Waals surface area contributed by atoms with Crippen LogP contribution in [0, 0.1) is 0 Å². The molecule has 0 aliphatic carbocycles. The van der Waals surface area contributed by atoms with Gasteiger partial charge in [0.25, 0.3) is 0 Å². The quantitative estimate of drug-likeness (QED) is 0.340. The molecular weight excluding hydrogens is 467 g/mol. The number of aryl methyl sites for hydroxylation is 1. The molecule has 0 saturated heterocycles. The Morgan fingerprint density at radius 1 is 1.50 bits per heavy atom. The molecule has 142 valence electrons. The van der Waals surface area contributed by atoms with Crippen LogP contribution in [0.5, 0.6) is 0 Å². The molecule has 1 aromatic heterocycles. The van der Waals surface area contributed by atoms with Gasteiger partial charge in [0.15, 0.2) is 5.96 Å². The zero-order chi connectivity index (χ0) is 17.6. The summed E-state index contributed by atoms with van der Waals surface area (Å²) in [5.41, 5.74) is 0.761. The van der Waals surface area contributed by atoms with Crippen LogP contribution in [0.4, 0.5) is 0 Å². The first-order valence-corrected chi connectivity index (χ1v) is 8.88. The molecule has 2 atom stereocenters. The van der Waals surface area contributed by atoms with Gasteiger partial charge < -0.3 is 15.7 Å². The average Bonchev–Trinajstić information content (AvgIpc) is 3.07. The fraction of sp³-hybridized carbons (Fsp3) is 0.471. The van der Waals surface area contributed by atoms with E-state index in [1.165, 1.54) is 0 Å². The summed E-state index contributed by atoms with van der Waals surface area (Å²) < 4.78 is 1.92. The fourth-order valence-electron chi connectivity index (χ4n) is 2.87. The molecule has 0 radical (unpaired) electrons. The maximum atomic E-state index is 10.3. The topological polar surface area (TPSA) is 87.4 Å². The number of rotatable bonds is 5. The number of fused-ring (bicyclic) bond motifs is 1. The van der Waals surface area contributed by atoms with E-state index in [4.69, 9.17) is 11.6 Å². The molecule has 1 aliphatic rings. The van der Waals surface area contributed by atoms with Gasteiger partial charge in [-0.1, -0.05) is 23.7 Å². The molecule has 0 fully saturated rings. The van der Waals surface area contributed by atoms with Gasteiger partial charge in [-0.2, -0.15) is 5.10 Å². The third-order valence-corrected chi connectivity index (χ3v) is 4.38. The molecule has 3 N–H and O–H groups in total. The highest BCUT2D eigenvalue weighted by Gasteiger charge is 2.20. The smallest absolute Gasteiger partial charge is 0.191 e. The van der Waals surface area contributed by atoms with E-state index in [-0.39, 0.29) is 36.6 Å². The van der Waals surface area contributed by atoms with E-state index in [1.54, 1.807) is 18.5 Å². The van der Waals surface area contributed by atoms with Crippen molar-refractivity contribution in [1.82, 2.24) is 25.4 Å². The molecule has 9 heteroatoms. The second-order valence-corrected chi connectivity index (χ2v) is 6.47. The van der Waals surface area contributed by atoms with Gasteiger partial charge in [0.1, 0.15) is 12.2 Å². The Labute approximate surface area is 175 Å². The summed E-state index contributed by atoms with van der Waals surface area (Å²) >= 11 is 5.98. The lowest BCUT2D eigenvalue weighted by Gasteiger charge is -2.25. The Morgan fingerprint density at radius 3 is 3.12 bits per heavy atom. The van der Waals surface area contributed by atoms with Crippen LogP contribution < -0.4 is 10.6 Å². The molecule has 0 spiro atoms. The summed E-state index contributed by atoms with van der Waals surface area (Å²) in [5.74, 6) is 1.72. The number of halogens is 2. The summed E-state index contributed by atoms with van der Waals surface area (Å²) in [6, 6.07) is 7.45. The predicted octanol–water partition coefficient (Wildman–Crippen LogP) is 2.15. The van der Waals surface area contributed by atoms with Crippen molar-refractivity contribution >= 4 is 41.5 Å². The molecule has 0 bridgehead atoms. The number of nitrogens with one attached hydrogen (secondary N) is 2. The van der Waals surface area contributed by atoms with Crippen molar-refractivity contribution in [2.45, 2.75) is 38.5 Å². The van der Waals surface area contributed by atoms with Gasteiger partial charge in [0, 0.05) is 24.0 Å². The lowest BCUT2D eigenvalue weighted by atomic mass is 10.1. The Morgan fingerprint density at radius 2 is 2.35 bits per heavy atom. The third-order valence-electron chi connectivity index (χ3n) is 4.15. The minimum absolute atomic E-state index is 0. The fourth-order valence-corrected chi connectivity index (χ4v) is 3.06. The number of aliphatic imine (C=N–C) groups is 1. The van der Waals surface area contributed by atoms with Crippen LogP contribution >= 0.6 is 35.6 Å². The van der Waals surface area contributed by atoms with Crippen LogP contribution in [0.3, 0.4) is 0 Å². The molecular formula is C17H24ClIN6O. The molecule has 2 unspecified atom stereocenters. The monoisotopic (exact) mass is 490 g/mol. The number of nitrogens with zero attached hydrogens (tertiary/aromatic N) is 4. The van der Waals surface area contributed by atoms with Gasteiger partial charge in [-0.3, -0.25) is 4.99 Å². The van der Waals surface area contributed by atoms with Gasteiger partial charge >= 0.3 is 0 Å². The maximum Gasteiger partial charge on any atom is 0.191 e. The molecule has 1 aromatic carbocycles. The number of aliphatic hydroxyl groups is 1. The summed E-state index contributed by atoms with van der Waals surface area (Å²) in [7, 11) is 0. The zero-order valence-electron chi connectivity index (χ0n) is 14.6. The van der Waals surface area contributed by atoms with Gasteiger partial charge in [-0.05, 0) is 31.0 Å². The van der Waals surface area contributed by atoms with E-state index in [2.05, 4.69) is 25.7 Å². The summed E-state index contributed by atoms with van der Waals surface area (Å²) in [5, 5.41) is 21.8. The maximum absolute atomic E-state index is 10.3. The third kappa shape index (κ3) is 5.55. The first-order chi connectivity index (χ1) is 12.2. The normalized spacial score (nSPS) is 17.8. The van der Waals surface area contributed by atoms with Crippen LogP contribution in [0.2, 0.25) is 5.02 Å². The minimum atomic E-state index is -0.692. The van der Waals surface area contributed by atoms with Gasteiger partial charge in [0.2, 0.25) is 0 Å². The number of guanidine groups is 1. The van der Waals surface area contributed by atoms with E-state index < -0.39 is 6.10 Å². The summed E-state index contributed by atoms with van der Waals surface area (Å²) in [6.07, 6.45) is 2.77. The molecule has 2 aromatic rings. The number of benzene rings is 1. The Hall–Kier alpha value is -1.39. The van der Waals surface area contributed by atoms with E-state index in [0.29, 0.717) is 11.0 Å². The van der Waals surface area contributed by atoms with Crippen molar-refractivity contribution in [1.29, 1.82) is 0 Å². The van der Waals surface area contributed by atoms with E-state index >= 15 is 0 Å². The highest BCUT2D eigenvalue weighted by molar-refractivity contribution is 14.0. The second kappa shape index (κ2) is 10.1. The number of aromatic nitrogens is 3. The van der Waals surface area contributed by atoms with Crippen molar-refractivity contribution in [3.05, 3.63) is 47.0 Å². The highest BCUT2D eigenvalue weighted by atomic mass is 127. The van der Waals surface area contributed by atoms with E-state index in [9.17, 15) is 5.11 Å². The van der Waals surface area contributed by atoms with Gasteiger partial charge in [-0.25, -0.2) is 9.67 Å². The Kier molecular flexibility index (Phi) is 8.11. The van der Waals surface area contributed by atoms with Crippen molar-refractivity contribution < 1.29 is 5.11 Å². The Bertz CT molecular complexity index is 738. The predicted molar refractivity (Wildman–Crippen MR) is 113 cm³/mol. The lowest BCUT2D eigenvalue weighted by molar-refractivity contribution is 0.187. The van der Waals surface area contributed by atoms with Crippen LogP contribution in [-0.2, 0) is 13.0 Å². The van der Waals surface area contributed by atoms with Crippen LogP contribution in [0.15, 0.2) is 35.6 Å². The minimum Gasteiger partial charge on any atom is -0.386 e. The van der Waals surface area contributed by atoms with Crippen molar-refractivity contribution in [2.75, 3.05) is 13.1 Å². The second-order valence-electron chi connectivity index (χ2n) is 6.03. The standard InChI is InChI=1S/C17H23ClN6O.HI/c1-2-19-17(20-9-15(25)12-4-3-5-13(18)8-12)23-14-6-7-16-21-11-22-24(16)10-14;/h3-5,8,11,14-15,25H,2,6-7,9-10H2,1H3,(H2,19,20,23);1H. The first kappa shape index (κ1) is 20.9. The molecule has 26 heavy (non-hydrogen) atoms. The molecule has 7 nitrogen and oxygen atoms in total. The molecule has 0 amide bonds. The molecule has 3 rings (SSSR count). The SMILES string of the molecule is CCNC(=NCC(O)c1cccc(Cl)c1)NC1CCc2ncnn2C1.I. The molecule has 2 heterocycles. The summed E-state index contributed by atoms with van der Waals surface area (Å²) in [4.78, 5) is 8.75. The number of aliphatic hydroxyl groups excluding tert-OH is 1. The first-order valence-electron chi connectivity index (χ1n) is 8.50. The zero-order valence-corrected chi connectivity index (χ0v) is 17.7. The van der Waals surface area contributed by atoms with Crippen LogP contribution in [0.25, 0.3) is 0 Å². The van der Waals surface area contributed by atoms with E-state index in [1.807, 2.05) is 23.7 Å². The highest BCUT2D eigenvalue weighted by Crippen LogP contribution is 2.18. The number of hydrogen-bond donors (Lipinski definition) is 3. The van der Waals surface area contributed by atoms with Crippen molar-refractivity contribution in [3.63, 3.8) is 0 Å². The Balaban J connectivity index is 0.00000243. The average molecular weight is 491 g/mol. The molecule has 0 saturated carbocycles. The summed E-state index contributed by atoms with van der Waals surface area (Å²) in [6.45, 7) is 3.79. The molecule has 1 aliphatic heterocycles. The van der Waals surface area contributed by atoms with Crippen LogP contribution in [0.1, 0.15) is 30.8 Å². The lowest BCUT2D eigenvalue weighted by Crippen LogP contribution is -2.47. The van der Waals surface area contributed by atoms with Crippen molar-refractivity contribution in [3.8, 4) is 0 Å². The van der Waals surface area contributed by atoms with Gasteiger partial charge in [-0.15, -0.1) is 24.0 Å². The van der Waals surface area contributed by atoms with Crippen LogP contribution in [-0.4, -0.2) is 45.0 Å². The largest absolute Gasteiger partial charge is 0.386 e. The van der Waals surface area contributed by atoms with Gasteiger partial charge in [0.05, 0.1) is 19.2 Å². The van der Waals surface area contributed by atoms with Crippen molar-refractivity contribution in [2.24, 2.45) is 4.99 Å².